The molecule has 0 saturated carbocycles. The van der Waals surface area contributed by atoms with Crippen LogP contribution in [-0.2, 0) is 5.41 Å². The van der Waals surface area contributed by atoms with Crippen LogP contribution in [0.25, 0.3) is 81.0 Å². The molecule has 3 heteroatoms. The quantitative estimate of drug-likeness (QED) is 0.147. The summed E-state index contributed by atoms with van der Waals surface area (Å²) >= 11 is 1.87. The molecule has 0 unspecified atom stereocenters. The zero-order chi connectivity index (χ0) is 46.2. The Kier molecular flexibility index (Phi) is 9.33. The van der Waals surface area contributed by atoms with Crippen molar-refractivity contribution in [2.45, 2.75) is 5.41 Å². The molecule has 14 rings (SSSR count). The zero-order valence-electron chi connectivity index (χ0n) is 38.2. The van der Waals surface area contributed by atoms with Crippen LogP contribution in [0.2, 0.25) is 0 Å². The van der Waals surface area contributed by atoms with Crippen molar-refractivity contribution in [3.8, 4) is 39.1 Å². The van der Waals surface area contributed by atoms with Crippen LogP contribution >= 0.6 is 11.3 Å². The molecule has 13 aromatic rings. The second kappa shape index (κ2) is 16.2. The summed E-state index contributed by atoms with van der Waals surface area (Å²) in [6.45, 7) is 0. The van der Waals surface area contributed by atoms with Gasteiger partial charge >= 0.3 is 0 Å². The minimum absolute atomic E-state index is 0.467. The molecule has 1 aliphatic carbocycles. The molecule has 0 spiro atoms. The SMILES string of the molecule is c1ccc(C2(c3ccccc3)c3ccccc3-c3cc(N(c4ccc(-c5ccc(-n6c7ccccc7c7ccccc76)cc5)cc4)c4ccc(-c5cccc6sc7ccccc7c56)cc4)ccc32)cc1. The first-order chi connectivity index (χ1) is 34.7. The monoisotopic (exact) mass is 908 g/mol. The highest BCUT2D eigenvalue weighted by Gasteiger charge is 2.46. The van der Waals surface area contributed by atoms with Crippen LogP contribution in [0.5, 0.6) is 0 Å². The molecular formula is C67H44N2S. The summed E-state index contributed by atoms with van der Waals surface area (Å²) in [7, 11) is 0. The summed E-state index contributed by atoms with van der Waals surface area (Å²) in [5.41, 5.74) is 18.8. The molecule has 328 valence electrons. The minimum Gasteiger partial charge on any atom is -0.310 e. The van der Waals surface area contributed by atoms with Crippen molar-refractivity contribution >= 4 is 70.4 Å². The number of benzene rings is 11. The molecule has 0 N–H and O–H groups in total. The van der Waals surface area contributed by atoms with Gasteiger partial charge in [-0.15, -0.1) is 11.3 Å². The van der Waals surface area contributed by atoms with Gasteiger partial charge < -0.3 is 9.47 Å². The third-order valence-corrected chi connectivity index (χ3v) is 15.8. The van der Waals surface area contributed by atoms with Gasteiger partial charge in [0.25, 0.3) is 0 Å². The van der Waals surface area contributed by atoms with Crippen molar-refractivity contribution in [2.24, 2.45) is 0 Å². The standard InChI is InChI=1S/C67H44N2S/c1-3-16-48(17-4-1)67(49-18-5-2-6-19-49)60-25-11-7-20-55(60)59-44-53(42-43-61(59)67)68(51-40-34-47(35-41-51)54-24-15-29-65-66(54)58-23-10-14-28-64(58)70-65)50-36-30-45(31-37-50)46-32-38-52(39-33-46)69-62-26-12-8-21-56(62)57-22-9-13-27-63(57)69/h1-44H. The average molecular weight is 909 g/mol. The molecule has 70 heavy (non-hydrogen) atoms. The number of fused-ring (bicyclic) bond motifs is 9. The fourth-order valence-electron chi connectivity index (χ4n) is 11.6. The van der Waals surface area contributed by atoms with Crippen molar-refractivity contribution in [1.29, 1.82) is 0 Å². The molecule has 0 radical (unpaired) electrons. The average Bonchev–Trinajstić information content (AvgIpc) is 4.09. The number of nitrogens with zero attached hydrogens (tertiary/aromatic N) is 2. The fourth-order valence-corrected chi connectivity index (χ4v) is 12.8. The number of thiophene rings is 1. The molecule has 1 aliphatic rings. The molecule has 0 aliphatic heterocycles. The molecular weight excluding hydrogens is 865 g/mol. The topological polar surface area (TPSA) is 8.17 Å². The van der Waals surface area contributed by atoms with Crippen LogP contribution in [0.1, 0.15) is 22.3 Å². The van der Waals surface area contributed by atoms with E-state index in [1.165, 1.54) is 97.6 Å². The molecule has 2 nitrogen and oxygen atoms in total. The number of hydrogen-bond donors (Lipinski definition) is 0. The largest absolute Gasteiger partial charge is 0.310 e. The van der Waals surface area contributed by atoms with Gasteiger partial charge in [-0.05, 0) is 128 Å². The Hall–Kier alpha value is -8.76. The third-order valence-electron chi connectivity index (χ3n) is 14.7. The maximum Gasteiger partial charge on any atom is 0.0713 e. The second-order valence-corrected chi connectivity index (χ2v) is 19.5. The Labute approximate surface area is 411 Å². The van der Waals surface area contributed by atoms with Crippen LogP contribution in [0.15, 0.2) is 267 Å². The van der Waals surface area contributed by atoms with Crippen molar-refractivity contribution in [3.63, 3.8) is 0 Å². The van der Waals surface area contributed by atoms with Crippen LogP contribution < -0.4 is 4.90 Å². The first-order valence-electron chi connectivity index (χ1n) is 24.1. The Morgan fingerprint density at radius 1 is 0.329 bits per heavy atom. The van der Waals surface area contributed by atoms with Crippen LogP contribution in [0, 0.1) is 0 Å². The number of rotatable bonds is 8. The van der Waals surface area contributed by atoms with Crippen LogP contribution in [0.4, 0.5) is 17.1 Å². The zero-order valence-corrected chi connectivity index (χ0v) is 39.0. The molecule has 0 saturated heterocycles. The summed E-state index contributed by atoms with van der Waals surface area (Å²) in [5.74, 6) is 0. The van der Waals surface area contributed by atoms with Gasteiger partial charge in [0.1, 0.15) is 0 Å². The molecule has 0 fully saturated rings. The van der Waals surface area contributed by atoms with E-state index in [9.17, 15) is 0 Å². The van der Waals surface area contributed by atoms with Crippen LogP contribution in [0.3, 0.4) is 0 Å². The summed E-state index contributed by atoms with van der Waals surface area (Å²) < 4.78 is 5.01. The summed E-state index contributed by atoms with van der Waals surface area (Å²) in [6.07, 6.45) is 0. The lowest BCUT2D eigenvalue weighted by atomic mass is 9.68. The highest BCUT2D eigenvalue weighted by Crippen LogP contribution is 2.57. The number of para-hydroxylation sites is 2. The van der Waals surface area contributed by atoms with Crippen molar-refractivity contribution in [3.05, 3.63) is 289 Å². The lowest BCUT2D eigenvalue weighted by molar-refractivity contribution is 0.768. The van der Waals surface area contributed by atoms with Gasteiger partial charge in [0.15, 0.2) is 0 Å². The van der Waals surface area contributed by atoms with Gasteiger partial charge in [-0.2, -0.15) is 0 Å². The summed E-state index contributed by atoms with van der Waals surface area (Å²) in [6, 6.07) is 98.4. The Morgan fingerprint density at radius 2 is 0.814 bits per heavy atom. The summed E-state index contributed by atoms with van der Waals surface area (Å²) in [5, 5.41) is 5.17. The summed E-state index contributed by atoms with van der Waals surface area (Å²) in [4.78, 5) is 2.42. The van der Waals surface area contributed by atoms with Crippen LogP contribution in [-0.4, -0.2) is 4.57 Å². The van der Waals surface area contributed by atoms with E-state index < -0.39 is 5.41 Å². The normalized spacial score (nSPS) is 12.7. The molecule has 2 aromatic heterocycles. The van der Waals surface area contributed by atoms with E-state index >= 15 is 0 Å². The van der Waals surface area contributed by atoms with E-state index in [2.05, 4.69) is 276 Å². The lowest BCUT2D eigenvalue weighted by Gasteiger charge is -2.34. The van der Waals surface area contributed by atoms with Gasteiger partial charge in [-0.25, -0.2) is 0 Å². The highest BCUT2D eigenvalue weighted by atomic mass is 32.1. The van der Waals surface area contributed by atoms with Gasteiger partial charge in [0, 0.05) is 53.7 Å². The maximum absolute atomic E-state index is 2.43. The Morgan fingerprint density at radius 3 is 1.47 bits per heavy atom. The predicted molar refractivity (Wildman–Crippen MR) is 297 cm³/mol. The highest BCUT2D eigenvalue weighted by molar-refractivity contribution is 7.25. The minimum atomic E-state index is -0.467. The predicted octanol–water partition coefficient (Wildman–Crippen LogP) is 18.3. The second-order valence-electron chi connectivity index (χ2n) is 18.4. The van der Waals surface area contributed by atoms with Crippen molar-refractivity contribution < 1.29 is 0 Å². The van der Waals surface area contributed by atoms with Gasteiger partial charge in [-0.3, -0.25) is 0 Å². The molecule has 0 amide bonds. The molecule has 2 heterocycles. The lowest BCUT2D eigenvalue weighted by Crippen LogP contribution is -2.28. The first-order valence-corrected chi connectivity index (χ1v) is 24.9. The van der Waals surface area contributed by atoms with Gasteiger partial charge in [0.2, 0.25) is 0 Å². The number of aromatic nitrogens is 1. The number of hydrogen-bond acceptors (Lipinski definition) is 2. The van der Waals surface area contributed by atoms with E-state index in [0.29, 0.717) is 0 Å². The van der Waals surface area contributed by atoms with Crippen molar-refractivity contribution in [2.75, 3.05) is 4.90 Å². The van der Waals surface area contributed by atoms with Gasteiger partial charge in [0.05, 0.1) is 16.4 Å². The molecule has 0 bridgehead atoms. The third kappa shape index (κ3) is 6.19. The first kappa shape index (κ1) is 40.3. The smallest absolute Gasteiger partial charge is 0.0713 e. The Bertz CT molecular complexity index is 4000. The Balaban J connectivity index is 0.895. The van der Waals surface area contributed by atoms with E-state index in [1.807, 2.05) is 11.3 Å². The van der Waals surface area contributed by atoms with E-state index in [4.69, 9.17) is 0 Å². The fraction of sp³-hybridized carbons (Fsp3) is 0.0149. The van der Waals surface area contributed by atoms with E-state index in [1.54, 1.807) is 0 Å². The van der Waals surface area contributed by atoms with E-state index in [0.717, 1.165) is 22.7 Å². The molecule has 11 aromatic carbocycles. The van der Waals surface area contributed by atoms with Crippen molar-refractivity contribution in [1.82, 2.24) is 4.57 Å². The maximum atomic E-state index is 2.43. The van der Waals surface area contributed by atoms with Gasteiger partial charge in [-0.1, -0.05) is 194 Å². The number of anilines is 3. The molecule has 0 atom stereocenters. The van der Waals surface area contributed by atoms with E-state index in [-0.39, 0.29) is 0 Å².